The first-order valence-corrected chi connectivity index (χ1v) is 6.75. The summed E-state index contributed by atoms with van der Waals surface area (Å²) in [5.74, 6) is 0.00877. The fraction of sp³-hybridized carbons (Fsp3) is 0.500. The standard InChI is InChI=1S/C14H19ClN2O2/c1-9(18)11-5-4-10(8-12(11)15)17-7-6-16-13(19)14(17,2)3/h4-5,8-9,18H,6-7H2,1-3H3,(H,16,19). The fourth-order valence-corrected chi connectivity index (χ4v) is 2.71. The highest BCUT2D eigenvalue weighted by Crippen LogP contribution is 2.31. The molecule has 1 aromatic rings. The van der Waals surface area contributed by atoms with E-state index in [1.54, 1.807) is 6.92 Å². The van der Waals surface area contributed by atoms with E-state index < -0.39 is 11.6 Å². The number of hydrogen-bond acceptors (Lipinski definition) is 3. The van der Waals surface area contributed by atoms with E-state index in [-0.39, 0.29) is 5.91 Å². The first kappa shape index (κ1) is 14.2. The number of rotatable bonds is 2. The van der Waals surface area contributed by atoms with Crippen LogP contribution in [0.2, 0.25) is 5.02 Å². The number of amides is 1. The second-order valence-corrected chi connectivity index (χ2v) is 5.76. The zero-order valence-corrected chi connectivity index (χ0v) is 12.2. The van der Waals surface area contributed by atoms with Gasteiger partial charge >= 0.3 is 0 Å². The quantitative estimate of drug-likeness (QED) is 0.873. The third-order valence-electron chi connectivity index (χ3n) is 3.60. The Hall–Kier alpha value is -1.26. The lowest BCUT2D eigenvalue weighted by molar-refractivity contribution is -0.126. The molecule has 0 bridgehead atoms. The largest absolute Gasteiger partial charge is 0.389 e. The molecule has 5 heteroatoms. The van der Waals surface area contributed by atoms with Crippen LogP contribution < -0.4 is 10.2 Å². The number of nitrogens with zero attached hydrogens (tertiary/aromatic N) is 1. The van der Waals surface area contributed by atoms with Gasteiger partial charge < -0.3 is 15.3 Å². The molecular formula is C14H19ClN2O2. The van der Waals surface area contributed by atoms with Crippen molar-refractivity contribution in [2.75, 3.05) is 18.0 Å². The average molecular weight is 283 g/mol. The van der Waals surface area contributed by atoms with Crippen LogP contribution in [0.1, 0.15) is 32.4 Å². The molecule has 1 heterocycles. The van der Waals surface area contributed by atoms with E-state index in [4.69, 9.17) is 11.6 Å². The first-order valence-electron chi connectivity index (χ1n) is 6.37. The van der Waals surface area contributed by atoms with Crippen LogP contribution in [0, 0.1) is 0 Å². The van der Waals surface area contributed by atoms with Crippen molar-refractivity contribution in [2.24, 2.45) is 0 Å². The minimum atomic E-state index is -0.603. The number of carbonyl (C=O) groups is 1. The number of piperazine rings is 1. The Kier molecular flexibility index (Phi) is 3.74. The van der Waals surface area contributed by atoms with Crippen molar-refractivity contribution >= 4 is 23.2 Å². The summed E-state index contributed by atoms with van der Waals surface area (Å²) < 4.78 is 0. The molecule has 1 fully saturated rings. The summed E-state index contributed by atoms with van der Waals surface area (Å²) in [5, 5.41) is 13.0. The van der Waals surface area contributed by atoms with Crippen molar-refractivity contribution in [3.8, 4) is 0 Å². The predicted molar refractivity (Wildman–Crippen MR) is 76.5 cm³/mol. The van der Waals surface area contributed by atoms with Gasteiger partial charge in [0.05, 0.1) is 6.10 Å². The number of aliphatic hydroxyl groups is 1. The van der Waals surface area contributed by atoms with E-state index in [1.807, 2.05) is 36.9 Å². The number of aliphatic hydroxyl groups excluding tert-OH is 1. The maximum Gasteiger partial charge on any atom is 0.245 e. The molecule has 1 aliphatic heterocycles. The molecule has 1 amide bonds. The average Bonchev–Trinajstić information content (AvgIpc) is 2.32. The van der Waals surface area contributed by atoms with Crippen molar-refractivity contribution in [3.63, 3.8) is 0 Å². The minimum Gasteiger partial charge on any atom is -0.389 e. The molecule has 19 heavy (non-hydrogen) atoms. The summed E-state index contributed by atoms with van der Waals surface area (Å²) >= 11 is 6.19. The predicted octanol–water partition coefficient (Wildman–Crippen LogP) is 2.11. The van der Waals surface area contributed by atoms with Gasteiger partial charge in [-0.3, -0.25) is 4.79 Å². The summed E-state index contributed by atoms with van der Waals surface area (Å²) in [5.41, 5.74) is 0.993. The Morgan fingerprint density at radius 3 is 2.74 bits per heavy atom. The van der Waals surface area contributed by atoms with Gasteiger partial charge in [0.25, 0.3) is 0 Å². The number of carbonyl (C=O) groups excluding carboxylic acids is 1. The fourth-order valence-electron chi connectivity index (χ4n) is 2.37. The van der Waals surface area contributed by atoms with Gasteiger partial charge in [0.1, 0.15) is 5.54 Å². The van der Waals surface area contributed by atoms with Gasteiger partial charge in [0.15, 0.2) is 0 Å². The highest BCUT2D eigenvalue weighted by atomic mass is 35.5. The van der Waals surface area contributed by atoms with Crippen LogP contribution in [0.25, 0.3) is 0 Å². The van der Waals surface area contributed by atoms with Crippen LogP contribution in [-0.4, -0.2) is 29.6 Å². The molecule has 1 aliphatic rings. The Labute approximate surface area is 118 Å². The van der Waals surface area contributed by atoms with Crippen molar-refractivity contribution in [2.45, 2.75) is 32.4 Å². The lowest BCUT2D eigenvalue weighted by Gasteiger charge is -2.43. The summed E-state index contributed by atoms with van der Waals surface area (Å²) in [6.45, 7) is 6.82. The van der Waals surface area contributed by atoms with Gasteiger partial charge in [0, 0.05) is 23.8 Å². The highest BCUT2D eigenvalue weighted by molar-refractivity contribution is 6.31. The topological polar surface area (TPSA) is 52.6 Å². The molecule has 0 aromatic heterocycles. The molecule has 0 spiro atoms. The number of halogens is 1. The van der Waals surface area contributed by atoms with Crippen LogP contribution in [0.15, 0.2) is 18.2 Å². The summed E-state index contributed by atoms with van der Waals surface area (Å²) in [6.07, 6.45) is -0.598. The second-order valence-electron chi connectivity index (χ2n) is 5.35. The molecule has 2 N–H and O–H groups in total. The summed E-state index contributed by atoms with van der Waals surface area (Å²) in [4.78, 5) is 14.0. The normalized spacial score (nSPS) is 20.1. The van der Waals surface area contributed by atoms with Crippen LogP contribution in [0.3, 0.4) is 0 Å². The molecule has 2 rings (SSSR count). The Bertz CT molecular complexity index is 500. The summed E-state index contributed by atoms with van der Waals surface area (Å²) in [7, 11) is 0. The number of anilines is 1. The van der Waals surface area contributed by atoms with Crippen molar-refractivity contribution in [3.05, 3.63) is 28.8 Å². The molecular weight excluding hydrogens is 264 g/mol. The molecule has 1 atom stereocenters. The van der Waals surface area contributed by atoms with E-state index >= 15 is 0 Å². The third kappa shape index (κ3) is 2.55. The van der Waals surface area contributed by atoms with Crippen LogP contribution in [-0.2, 0) is 4.79 Å². The Morgan fingerprint density at radius 1 is 1.47 bits per heavy atom. The summed E-state index contributed by atoms with van der Waals surface area (Å²) in [6, 6.07) is 5.52. The number of hydrogen-bond donors (Lipinski definition) is 2. The van der Waals surface area contributed by atoms with Gasteiger partial charge in [-0.05, 0) is 38.5 Å². The van der Waals surface area contributed by atoms with E-state index in [1.165, 1.54) is 0 Å². The molecule has 0 aliphatic carbocycles. The molecule has 104 valence electrons. The molecule has 1 unspecified atom stereocenters. The maximum absolute atomic E-state index is 11.9. The lowest BCUT2D eigenvalue weighted by atomic mass is 9.97. The zero-order valence-electron chi connectivity index (χ0n) is 11.4. The monoisotopic (exact) mass is 282 g/mol. The van der Waals surface area contributed by atoms with E-state index in [0.29, 0.717) is 17.1 Å². The van der Waals surface area contributed by atoms with Crippen molar-refractivity contribution < 1.29 is 9.90 Å². The van der Waals surface area contributed by atoms with Crippen LogP contribution in [0.5, 0.6) is 0 Å². The molecule has 0 radical (unpaired) electrons. The number of benzene rings is 1. The smallest absolute Gasteiger partial charge is 0.245 e. The molecule has 4 nitrogen and oxygen atoms in total. The first-order chi connectivity index (χ1) is 8.84. The highest BCUT2D eigenvalue weighted by Gasteiger charge is 2.37. The SMILES string of the molecule is CC(O)c1ccc(N2CCNC(=O)C2(C)C)cc1Cl. The van der Waals surface area contributed by atoms with Gasteiger partial charge in [-0.1, -0.05) is 17.7 Å². The molecule has 1 saturated heterocycles. The maximum atomic E-state index is 11.9. The second kappa shape index (κ2) is 5.02. The van der Waals surface area contributed by atoms with E-state index in [9.17, 15) is 9.90 Å². The Balaban J connectivity index is 2.36. The van der Waals surface area contributed by atoms with E-state index in [0.717, 1.165) is 12.2 Å². The van der Waals surface area contributed by atoms with Gasteiger partial charge in [-0.15, -0.1) is 0 Å². The van der Waals surface area contributed by atoms with Crippen LogP contribution in [0.4, 0.5) is 5.69 Å². The van der Waals surface area contributed by atoms with Crippen LogP contribution >= 0.6 is 11.6 Å². The molecule has 0 saturated carbocycles. The number of nitrogens with one attached hydrogen (secondary N) is 1. The van der Waals surface area contributed by atoms with E-state index in [2.05, 4.69) is 5.32 Å². The zero-order chi connectivity index (χ0) is 14.2. The third-order valence-corrected chi connectivity index (χ3v) is 3.92. The van der Waals surface area contributed by atoms with Gasteiger partial charge in [-0.2, -0.15) is 0 Å². The van der Waals surface area contributed by atoms with Gasteiger partial charge in [-0.25, -0.2) is 0 Å². The molecule has 1 aromatic carbocycles. The van der Waals surface area contributed by atoms with Crippen molar-refractivity contribution in [1.82, 2.24) is 5.32 Å². The van der Waals surface area contributed by atoms with Gasteiger partial charge in [0.2, 0.25) is 5.91 Å². The van der Waals surface area contributed by atoms with Crippen molar-refractivity contribution in [1.29, 1.82) is 0 Å². The lowest BCUT2D eigenvalue weighted by Crippen LogP contribution is -2.62. The Morgan fingerprint density at radius 2 is 2.16 bits per heavy atom. The minimum absolute atomic E-state index is 0.00877.